The molecule has 2 aromatic rings. The van der Waals surface area contributed by atoms with Gasteiger partial charge in [0, 0.05) is 29.0 Å². The van der Waals surface area contributed by atoms with Gasteiger partial charge in [0.1, 0.15) is 5.75 Å². The second-order valence-corrected chi connectivity index (χ2v) is 4.02. The lowest BCUT2D eigenvalue weighted by atomic mass is 10.1. The topological polar surface area (TPSA) is 72.8 Å². The predicted molar refractivity (Wildman–Crippen MR) is 77.3 cm³/mol. The molecule has 106 valence electrons. The largest absolute Gasteiger partial charge is 0.507 e. The molecule has 0 spiro atoms. The first-order valence-corrected chi connectivity index (χ1v) is 6.00. The predicted octanol–water partition coefficient (Wildman–Crippen LogP) is 2.73. The van der Waals surface area contributed by atoms with Crippen LogP contribution in [0.2, 0.25) is 0 Å². The third kappa shape index (κ3) is 2.92. The summed E-state index contributed by atoms with van der Waals surface area (Å²) in [7, 11) is 0. The molecule has 0 saturated carbocycles. The van der Waals surface area contributed by atoms with Gasteiger partial charge in [-0.05, 0) is 0 Å². The highest BCUT2D eigenvalue weighted by atomic mass is 16.6. The van der Waals surface area contributed by atoms with Crippen molar-refractivity contribution in [2.75, 3.05) is 0 Å². The number of phenols is 1. The number of esters is 2. The second-order valence-electron chi connectivity index (χ2n) is 4.02. The van der Waals surface area contributed by atoms with Gasteiger partial charge in [0.15, 0.2) is 11.5 Å². The van der Waals surface area contributed by atoms with E-state index in [1.807, 2.05) is 0 Å². The summed E-state index contributed by atoms with van der Waals surface area (Å²) in [5, 5.41) is 10.9. The van der Waals surface area contributed by atoms with Crippen molar-refractivity contribution in [1.29, 1.82) is 0 Å². The van der Waals surface area contributed by atoms with Crippen LogP contribution in [-0.4, -0.2) is 17.0 Å². The first-order valence-electron chi connectivity index (χ1n) is 6.00. The molecule has 0 bridgehead atoms. The maximum absolute atomic E-state index is 11.5. The molecule has 1 N–H and O–H groups in total. The van der Waals surface area contributed by atoms with E-state index >= 15 is 0 Å². The number of benzene rings is 2. The fourth-order valence-electron chi connectivity index (χ4n) is 1.78. The van der Waals surface area contributed by atoms with Crippen LogP contribution in [0.5, 0.6) is 17.2 Å². The van der Waals surface area contributed by atoms with Gasteiger partial charge in [0.25, 0.3) is 0 Å². The van der Waals surface area contributed by atoms with Crippen LogP contribution in [0.25, 0.3) is 10.8 Å². The van der Waals surface area contributed by atoms with Gasteiger partial charge in [0.2, 0.25) is 0 Å². The van der Waals surface area contributed by atoms with Crippen LogP contribution in [0.1, 0.15) is 0 Å². The lowest BCUT2D eigenvalue weighted by Gasteiger charge is -2.12. The summed E-state index contributed by atoms with van der Waals surface area (Å²) < 4.78 is 10.1. The Morgan fingerprint density at radius 1 is 1.00 bits per heavy atom. The van der Waals surface area contributed by atoms with Crippen molar-refractivity contribution in [3.63, 3.8) is 0 Å². The molecule has 2 aromatic carbocycles. The van der Waals surface area contributed by atoms with E-state index in [2.05, 4.69) is 13.2 Å². The summed E-state index contributed by atoms with van der Waals surface area (Å²) in [4.78, 5) is 22.8. The van der Waals surface area contributed by atoms with Gasteiger partial charge in [-0.25, -0.2) is 9.59 Å². The van der Waals surface area contributed by atoms with Crippen LogP contribution in [0.4, 0.5) is 0 Å². The zero-order chi connectivity index (χ0) is 15.4. The summed E-state index contributed by atoms with van der Waals surface area (Å²) in [5.41, 5.74) is 0. The summed E-state index contributed by atoms with van der Waals surface area (Å²) in [6, 6.07) is 7.90. The van der Waals surface area contributed by atoms with Crippen LogP contribution >= 0.6 is 0 Å². The minimum Gasteiger partial charge on any atom is -0.507 e. The molecule has 0 fully saturated rings. The average molecular weight is 284 g/mol. The molecule has 2 rings (SSSR count). The highest BCUT2D eigenvalue weighted by Crippen LogP contribution is 2.41. The first kappa shape index (κ1) is 14.3. The average Bonchev–Trinajstić information content (AvgIpc) is 2.50. The zero-order valence-electron chi connectivity index (χ0n) is 11.0. The van der Waals surface area contributed by atoms with Gasteiger partial charge >= 0.3 is 11.9 Å². The van der Waals surface area contributed by atoms with E-state index in [0.29, 0.717) is 10.8 Å². The van der Waals surface area contributed by atoms with Gasteiger partial charge in [-0.2, -0.15) is 0 Å². The van der Waals surface area contributed by atoms with Crippen molar-refractivity contribution in [3.8, 4) is 17.2 Å². The number of carbonyl (C=O) groups excluding carboxylic acids is 2. The monoisotopic (exact) mass is 284 g/mol. The Kier molecular flexibility index (Phi) is 4.04. The molecule has 0 saturated heterocycles. The number of hydrogen-bond donors (Lipinski definition) is 1. The van der Waals surface area contributed by atoms with Crippen LogP contribution in [0.15, 0.2) is 55.6 Å². The number of carbonyl (C=O) groups is 2. The first-order chi connectivity index (χ1) is 10.1. The fourth-order valence-corrected chi connectivity index (χ4v) is 1.78. The molecular formula is C16H12O5. The summed E-state index contributed by atoms with van der Waals surface area (Å²) in [6.07, 6.45) is 1.95. The normalized spacial score (nSPS) is 9.90. The summed E-state index contributed by atoms with van der Waals surface area (Å²) in [6.45, 7) is 6.60. The second kappa shape index (κ2) is 5.92. The fraction of sp³-hybridized carbons (Fsp3) is 0. The molecule has 0 aliphatic carbocycles. The molecule has 0 heterocycles. The minimum atomic E-state index is -0.736. The number of rotatable bonds is 4. The van der Waals surface area contributed by atoms with E-state index in [1.165, 1.54) is 6.07 Å². The minimum absolute atomic E-state index is 0.0310. The molecular weight excluding hydrogens is 272 g/mol. The van der Waals surface area contributed by atoms with E-state index in [4.69, 9.17) is 9.47 Å². The van der Waals surface area contributed by atoms with Gasteiger partial charge in [-0.15, -0.1) is 0 Å². The van der Waals surface area contributed by atoms with Crippen molar-refractivity contribution in [1.82, 2.24) is 0 Å². The lowest BCUT2D eigenvalue weighted by Crippen LogP contribution is -2.09. The number of fused-ring (bicyclic) bond motifs is 1. The van der Waals surface area contributed by atoms with Gasteiger partial charge in [0.05, 0.1) is 0 Å². The number of phenolic OH excluding ortho intramolecular Hbond substituents is 1. The SMILES string of the molecule is C=CC(=O)Oc1cc(O)c2ccccc2c1OC(=O)C=C. The third-order valence-electron chi connectivity index (χ3n) is 2.69. The number of ether oxygens (including phenoxy) is 2. The quantitative estimate of drug-likeness (QED) is 0.531. The lowest BCUT2D eigenvalue weighted by molar-refractivity contribution is -0.131. The maximum atomic E-state index is 11.5. The Balaban J connectivity index is 2.67. The molecule has 0 unspecified atom stereocenters. The van der Waals surface area contributed by atoms with Crippen molar-refractivity contribution in [3.05, 3.63) is 55.6 Å². The van der Waals surface area contributed by atoms with Gasteiger partial charge in [-0.1, -0.05) is 37.4 Å². The highest BCUT2D eigenvalue weighted by Gasteiger charge is 2.18. The summed E-state index contributed by atoms with van der Waals surface area (Å²) in [5.74, 6) is -1.59. The van der Waals surface area contributed by atoms with E-state index in [1.54, 1.807) is 24.3 Å². The van der Waals surface area contributed by atoms with Gasteiger partial charge in [-0.3, -0.25) is 0 Å². The molecule has 5 nitrogen and oxygen atoms in total. The van der Waals surface area contributed by atoms with Crippen LogP contribution < -0.4 is 9.47 Å². The molecule has 0 radical (unpaired) electrons. The molecule has 0 amide bonds. The van der Waals surface area contributed by atoms with Gasteiger partial charge < -0.3 is 14.6 Å². The maximum Gasteiger partial charge on any atom is 0.335 e. The van der Waals surface area contributed by atoms with E-state index < -0.39 is 11.9 Å². The molecule has 21 heavy (non-hydrogen) atoms. The Labute approximate surface area is 120 Å². The Hall–Kier alpha value is -3.08. The molecule has 0 aliphatic heterocycles. The van der Waals surface area contributed by atoms with E-state index in [0.717, 1.165) is 12.2 Å². The number of hydrogen-bond acceptors (Lipinski definition) is 5. The Morgan fingerprint density at radius 3 is 2.19 bits per heavy atom. The molecule has 0 aliphatic rings. The third-order valence-corrected chi connectivity index (χ3v) is 2.69. The van der Waals surface area contributed by atoms with Crippen LogP contribution in [0, 0.1) is 0 Å². The standard InChI is InChI=1S/C16H12O5/c1-3-14(18)20-13-9-12(17)10-7-5-6-8-11(10)16(13)21-15(19)4-2/h3-9,17H,1-2H2. The zero-order valence-corrected chi connectivity index (χ0v) is 11.0. The van der Waals surface area contributed by atoms with Crippen molar-refractivity contribution in [2.24, 2.45) is 0 Å². The van der Waals surface area contributed by atoms with Crippen LogP contribution in [0.3, 0.4) is 0 Å². The Morgan fingerprint density at radius 2 is 1.57 bits per heavy atom. The molecule has 0 atom stereocenters. The van der Waals surface area contributed by atoms with Crippen molar-refractivity contribution in [2.45, 2.75) is 0 Å². The summed E-state index contributed by atoms with van der Waals surface area (Å²) >= 11 is 0. The van der Waals surface area contributed by atoms with Crippen molar-refractivity contribution < 1.29 is 24.2 Å². The van der Waals surface area contributed by atoms with E-state index in [9.17, 15) is 14.7 Å². The highest BCUT2D eigenvalue weighted by molar-refractivity contribution is 5.99. The smallest absolute Gasteiger partial charge is 0.335 e. The Bertz CT molecular complexity index is 746. The molecule has 0 aromatic heterocycles. The van der Waals surface area contributed by atoms with Crippen molar-refractivity contribution >= 4 is 22.7 Å². The number of aromatic hydroxyl groups is 1. The molecule has 5 heteroatoms. The van der Waals surface area contributed by atoms with E-state index in [-0.39, 0.29) is 17.2 Å². The van der Waals surface area contributed by atoms with Crippen LogP contribution in [-0.2, 0) is 9.59 Å².